The summed E-state index contributed by atoms with van der Waals surface area (Å²) in [6.07, 6.45) is 1.37. The van der Waals surface area contributed by atoms with E-state index in [4.69, 9.17) is 5.73 Å². The van der Waals surface area contributed by atoms with Crippen LogP contribution in [-0.2, 0) is 0 Å². The normalized spacial score (nSPS) is 9.58. The third-order valence-electron chi connectivity index (χ3n) is 2.46. The predicted octanol–water partition coefficient (Wildman–Crippen LogP) is 0.676. The van der Waals surface area contributed by atoms with Crippen molar-refractivity contribution in [2.45, 2.75) is 6.92 Å². The minimum absolute atomic E-state index is 0.242. The molecular weight excluding hydrogens is 242 g/mol. The number of nitrogens with zero attached hydrogens (tertiary/aromatic N) is 2. The summed E-state index contributed by atoms with van der Waals surface area (Å²) in [5.41, 5.74) is 8.05. The molecule has 2 rings (SSSR count). The summed E-state index contributed by atoms with van der Waals surface area (Å²) in [7, 11) is 0. The number of amides is 1. The average molecular weight is 255 g/mol. The van der Waals surface area contributed by atoms with Gasteiger partial charge in [0.05, 0.1) is 12.7 Å². The standard InChI is InChI=1S/C13H13N5O/c1-9-7-10(3-2-6-14)4-5-11(9)16-13(19)12-8-15-18-17-12/h4-5,7-8H,6,14H2,1H3,(H,16,19)(H,15,17,18). The number of carbonyl (C=O) groups excluding carboxylic acids is 1. The van der Waals surface area contributed by atoms with E-state index >= 15 is 0 Å². The Kier molecular flexibility index (Phi) is 3.90. The quantitative estimate of drug-likeness (QED) is 0.687. The maximum Gasteiger partial charge on any atom is 0.277 e. The summed E-state index contributed by atoms with van der Waals surface area (Å²) in [4.78, 5) is 11.8. The topological polar surface area (TPSA) is 96.7 Å². The number of benzene rings is 1. The van der Waals surface area contributed by atoms with E-state index in [1.807, 2.05) is 19.1 Å². The van der Waals surface area contributed by atoms with Crippen LogP contribution in [0.15, 0.2) is 24.4 Å². The van der Waals surface area contributed by atoms with E-state index in [9.17, 15) is 4.79 Å². The molecule has 2 aromatic rings. The van der Waals surface area contributed by atoms with Crippen LogP contribution in [0, 0.1) is 18.8 Å². The molecule has 1 amide bonds. The van der Waals surface area contributed by atoms with E-state index in [1.54, 1.807) is 6.07 Å². The second kappa shape index (κ2) is 5.80. The second-order valence-corrected chi connectivity index (χ2v) is 3.84. The highest BCUT2D eigenvalue weighted by molar-refractivity contribution is 6.03. The van der Waals surface area contributed by atoms with Gasteiger partial charge < -0.3 is 11.1 Å². The Morgan fingerprint density at radius 1 is 1.53 bits per heavy atom. The van der Waals surface area contributed by atoms with Crippen LogP contribution in [-0.4, -0.2) is 27.9 Å². The van der Waals surface area contributed by atoms with Crippen molar-refractivity contribution in [3.8, 4) is 11.8 Å². The predicted molar refractivity (Wildman–Crippen MR) is 71.4 cm³/mol. The number of nitrogens with two attached hydrogens (primary N) is 1. The Labute approximate surface area is 110 Å². The fourth-order valence-electron chi connectivity index (χ4n) is 1.53. The van der Waals surface area contributed by atoms with Crippen molar-refractivity contribution in [2.24, 2.45) is 5.73 Å². The number of rotatable bonds is 2. The molecule has 0 unspecified atom stereocenters. The van der Waals surface area contributed by atoms with Crippen molar-refractivity contribution < 1.29 is 4.79 Å². The maximum atomic E-state index is 11.8. The van der Waals surface area contributed by atoms with Gasteiger partial charge in [-0.05, 0) is 30.7 Å². The Morgan fingerprint density at radius 2 is 2.37 bits per heavy atom. The Morgan fingerprint density at radius 3 is 3.00 bits per heavy atom. The lowest BCUT2D eigenvalue weighted by atomic mass is 10.1. The molecule has 0 aliphatic rings. The Hall–Kier alpha value is -2.65. The lowest BCUT2D eigenvalue weighted by Gasteiger charge is -2.07. The largest absolute Gasteiger partial charge is 0.320 e. The van der Waals surface area contributed by atoms with Crippen LogP contribution in [0.25, 0.3) is 0 Å². The third-order valence-corrected chi connectivity index (χ3v) is 2.46. The van der Waals surface area contributed by atoms with Gasteiger partial charge in [-0.2, -0.15) is 15.4 Å². The molecule has 0 aliphatic heterocycles. The lowest BCUT2D eigenvalue weighted by molar-refractivity contribution is 0.102. The molecule has 0 saturated heterocycles. The molecule has 6 nitrogen and oxygen atoms in total. The number of aryl methyl sites for hydroxylation is 1. The van der Waals surface area contributed by atoms with Crippen LogP contribution < -0.4 is 11.1 Å². The van der Waals surface area contributed by atoms with Crippen molar-refractivity contribution in [3.63, 3.8) is 0 Å². The zero-order valence-corrected chi connectivity index (χ0v) is 10.4. The third kappa shape index (κ3) is 3.18. The van der Waals surface area contributed by atoms with Gasteiger partial charge in [0.15, 0.2) is 5.69 Å². The van der Waals surface area contributed by atoms with Gasteiger partial charge in [0.25, 0.3) is 5.91 Å². The first-order valence-electron chi connectivity index (χ1n) is 5.67. The number of aromatic nitrogens is 3. The first-order chi connectivity index (χ1) is 9.20. The first-order valence-corrected chi connectivity index (χ1v) is 5.67. The van der Waals surface area contributed by atoms with E-state index in [0.29, 0.717) is 12.2 Å². The van der Waals surface area contributed by atoms with E-state index < -0.39 is 0 Å². The fraction of sp³-hybridized carbons (Fsp3) is 0.154. The molecule has 0 bridgehead atoms. The summed E-state index contributed by atoms with van der Waals surface area (Å²) < 4.78 is 0. The van der Waals surface area contributed by atoms with Crippen molar-refractivity contribution in [2.75, 3.05) is 11.9 Å². The molecule has 96 valence electrons. The van der Waals surface area contributed by atoms with Crippen molar-refractivity contribution in [1.82, 2.24) is 15.4 Å². The van der Waals surface area contributed by atoms with Gasteiger partial charge in [0, 0.05) is 11.3 Å². The molecule has 0 spiro atoms. The van der Waals surface area contributed by atoms with E-state index in [0.717, 1.165) is 11.1 Å². The van der Waals surface area contributed by atoms with Crippen LogP contribution in [0.5, 0.6) is 0 Å². The van der Waals surface area contributed by atoms with Gasteiger partial charge in [0.1, 0.15) is 0 Å². The number of anilines is 1. The average Bonchev–Trinajstić information content (AvgIpc) is 2.93. The zero-order chi connectivity index (χ0) is 13.7. The maximum absolute atomic E-state index is 11.8. The van der Waals surface area contributed by atoms with Crippen LogP contribution in [0.4, 0.5) is 5.69 Å². The minimum Gasteiger partial charge on any atom is -0.320 e. The molecular formula is C13H13N5O. The summed E-state index contributed by atoms with van der Waals surface area (Å²) >= 11 is 0. The molecule has 0 radical (unpaired) electrons. The van der Waals surface area contributed by atoms with Gasteiger partial charge in [-0.3, -0.25) is 4.79 Å². The van der Waals surface area contributed by atoms with Crippen LogP contribution in [0.1, 0.15) is 21.6 Å². The summed E-state index contributed by atoms with van der Waals surface area (Å²) in [6, 6.07) is 5.52. The molecule has 1 aromatic heterocycles. The molecule has 6 heteroatoms. The van der Waals surface area contributed by atoms with Gasteiger partial charge in [-0.25, -0.2) is 0 Å². The van der Waals surface area contributed by atoms with E-state index in [1.165, 1.54) is 6.20 Å². The van der Waals surface area contributed by atoms with E-state index in [2.05, 4.69) is 32.6 Å². The first kappa shape index (κ1) is 12.8. The number of carbonyl (C=O) groups is 1. The molecule has 1 heterocycles. The van der Waals surface area contributed by atoms with Crippen LogP contribution in [0.3, 0.4) is 0 Å². The number of hydrogen-bond donors (Lipinski definition) is 3. The highest BCUT2D eigenvalue weighted by Gasteiger charge is 2.10. The lowest BCUT2D eigenvalue weighted by Crippen LogP contribution is -2.13. The number of nitrogens with one attached hydrogen (secondary N) is 2. The fourth-order valence-corrected chi connectivity index (χ4v) is 1.53. The van der Waals surface area contributed by atoms with Gasteiger partial charge in [0.2, 0.25) is 0 Å². The van der Waals surface area contributed by atoms with Crippen molar-refractivity contribution in [3.05, 3.63) is 41.2 Å². The molecule has 1 aromatic carbocycles. The number of aromatic amines is 1. The summed E-state index contributed by atoms with van der Waals surface area (Å²) in [5.74, 6) is 5.41. The SMILES string of the molecule is Cc1cc(C#CCN)ccc1NC(=O)c1cn[nH]n1. The number of hydrogen-bond acceptors (Lipinski definition) is 4. The van der Waals surface area contributed by atoms with Gasteiger partial charge in [-0.15, -0.1) is 0 Å². The second-order valence-electron chi connectivity index (χ2n) is 3.84. The van der Waals surface area contributed by atoms with Gasteiger partial charge in [-0.1, -0.05) is 11.8 Å². The zero-order valence-electron chi connectivity index (χ0n) is 10.4. The monoisotopic (exact) mass is 255 g/mol. The van der Waals surface area contributed by atoms with E-state index in [-0.39, 0.29) is 11.6 Å². The minimum atomic E-state index is -0.308. The Bertz CT molecular complexity index is 637. The molecule has 0 atom stereocenters. The van der Waals surface area contributed by atoms with Crippen LogP contribution in [0.2, 0.25) is 0 Å². The van der Waals surface area contributed by atoms with Gasteiger partial charge >= 0.3 is 0 Å². The smallest absolute Gasteiger partial charge is 0.277 e. The molecule has 0 fully saturated rings. The van der Waals surface area contributed by atoms with Crippen LogP contribution >= 0.6 is 0 Å². The molecule has 19 heavy (non-hydrogen) atoms. The highest BCUT2D eigenvalue weighted by Crippen LogP contribution is 2.16. The van der Waals surface area contributed by atoms with Crippen molar-refractivity contribution >= 4 is 11.6 Å². The highest BCUT2D eigenvalue weighted by atomic mass is 16.2. The van der Waals surface area contributed by atoms with Crippen molar-refractivity contribution in [1.29, 1.82) is 0 Å². The summed E-state index contributed by atoms with van der Waals surface area (Å²) in [5, 5.41) is 12.5. The summed E-state index contributed by atoms with van der Waals surface area (Å²) in [6.45, 7) is 2.22. The molecule has 4 N–H and O–H groups in total. The Balaban J connectivity index is 2.15. The molecule has 0 saturated carbocycles. The number of H-pyrrole nitrogens is 1. The molecule has 0 aliphatic carbocycles.